The predicted molar refractivity (Wildman–Crippen MR) is 140 cm³/mol. The predicted octanol–water partition coefficient (Wildman–Crippen LogP) is 3.45. The number of carbonyl (C=O) groups is 2. The summed E-state index contributed by atoms with van der Waals surface area (Å²) in [6, 6.07) is 1.07. The molecule has 0 aromatic carbocycles. The Bertz CT molecular complexity index is 1040. The molecule has 0 radical (unpaired) electrons. The van der Waals surface area contributed by atoms with E-state index in [4.69, 9.17) is 14.5 Å². The number of nitrogens with zero attached hydrogens (tertiary/aromatic N) is 4. The highest BCUT2D eigenvalue weighted by Crippen LogP contribution is 2.26. The number of hydrogen-bond acceptors (Lipinski definition) is 7. The first-order valence-corrected chi connectivity index (χ1v) is 16.0. The lowest BCUT2D eigenvalue weighted by Gasteiger charge is -2.40. The third-order valence-electron chi connectivity index (χ3n) is 5.58. The van der Waals surface area contributed by atoms with Crippen molar-refractivity contribution in [2.24, 2.45) is 5.92 Å². The molecule has 1 aliphatic heterocycles. The second kappa shape index (κ2) is 10.9. The van der Waals surface area contributed by atoms with Gasteiger partial charge in [0.05, 0.1) is 11.8 Å². The van der Waals surface area contributed by atoms with Gasteiger partial charge in [-0.1, -0.05) is 19.6 Å². The highest BCUT2D eigenvalue weighted by atomic mass is 28.3. The summed E-state index contributed by atoms with van der Waals surface area (Å²) in [5, 5.41) is 5.69. The van der Waals surface area contributed by atoms with Gasteiger partial charge in [0.2, 0.25) is 0 Å². The highest BCUT2D eigenvalue weighted by Gasteiger charge is 2.30. The van der Waals surface area contributed by atoms with Gasteiger partial charge in [-0.2, -0.15) is 0 Å². The first-order chi connectivity index (χ1) is 16.4. The van der Waals surface area contributed by atoms with Crippen LogP contribution in [-0.2, 0) is 16.2 Å². The fraction of sp³-hybridized carbons (Fsp3) is 0.667. The zero-order valence-electron chi connectivity index (χ0n) is 22.1. The van der Waals surface area contributed by atoms with Crippen LogP contribution in [0, 0.1) is 5.92 Å². The molecule has 0 bridgehead atoms. The Morgan fingerprint density at radius 3 is 2.54 bits per heavy atom. The van der Waals surface area contributed by atoms with Crippen LogP contribution in [0.5, 0.6) is 0 Å². The molecule has 35 heavy (non-hydrogen) atoms. The number of anilines is 1. The number of nitrogens with one attached hydrogen (secondary N) is 2. The van der Waals surface area contributed by atoms with Crippen LogP contribution in [0.15, 0.2) is 12.4 Å². The average Bonchev–Trinajstić information content (AvgIpc) is 3.06. The average molecular weight is 505 g/mol. The number of alkyl carbamates (subject to hydrolysis) is 1. The zero-order chi connectivity index (χ0) is 25.8. The van der Waals surface area contributed by atoms with Crippen molar-refractivity contribution >= 4 is 37.1 Å². The van der Waals surface area contributed by atoms with Crippen molar-refractivity contribution in [3.05, 3.63) is 18.0 Å². The highest BCUT2D eigenvalue weighted by molar-refractivity contribution is 6.76. The van der Waals surface area contributed by atoms with E-state index >= 15 is 0 Å². The monoisotopic (exact) mass is 504 g/mol. The van der Waals surface area contributed by atoms with Gasteiger partial charge in [-0.25, -0.2) is 14.8 Å². The minimum absolute atomic E-state index is 0.173. The van der Waals surface area contributed by atoms with Gasteiger partial charge in [0.25, 0.3) is 5.91 Å². The van der Waals surface area contributed by atoms with Crippen LogP contribution >= 0.6 is 0 Å². The summed E-state index contributed by atoms with van der Waals surface area (Å²) < 4.78 is 13.0. The van der Waals surface area contributed by atoms with Gasteiger partial charge in [0.15, 0.2) is 5.65 Å². The lowest BCUT2D eigenvalue weighted by atomic mass is 10.0. The van der Waals surface area contributed by atoms with E-state index in [-0.39, 0.29) is 5.91 Å². The number of carbonyl (C=O) groups excluding carboxylic acids is 2. The number of amides is 2. The summed E-state index contributed by atoms with van der Waals surface area (Å²) in [7, 11) is -1.18. The molecular weight excluding hydrogens is 464 g/mol. The van der Waals surface area contributed by atoms with Crippen LogP contribution in [0.3, 0.4) is 0 Å². The Labute approximate surface area is 208 Å². The normalized spacial score (nSPS) is 14.7. The maximum Gasteiger partial charge on any atom is 0.407 e. The van der Waals surface area contributed by atoms with Crippen LogP contribution in [-0.4, -0.2) is 73.0 Å². The van der Waals surface area contributed by atoms with Gasteiger partial charge in [0.1, 0.15) is 23.7 Å². The lowest BCUT2D eigenvalue weighted by Crippen LogP contribution is -2.52. The summed E-state index contributed by atoms with van der Waals surface area (Å²) in [5.74, 6) is 0.842. The third kappa shape index (κ3) is 7.66. The Morgan fingerprint density at radius 1 is 1.20 bits per heavy atom. The lowest BCUT2D eigenvalue weighted by molar-refractivity contribution is 0.0516. The maximum atomic E-state index is 12.7. The molecule has 11 heteroatoms. The minimum atomic E-state index is -1.18. The first kappa shape index (κ1) is 26.9. The van der Waals surface area contributed by atoms with Crippen molar-refractivity contribution in [3.8, 4) is 0 Å². The largest absolute Gasteiger partial charge is 0.444 e. The van der Waals surface area contributed by atoms with Crippen molar-refractivity contribution in [2.75, 3.05) is 37.7 Å². The molecule has 0 aliphatic carbocycles. The SMILES string of the molecule is CCNC(=O)c1cn(COCC[Si](C)(C)C)c2ncc(N3CC(CNC(=O)OC(C)(C)C)C3)nc12. The number of hydrogen-bond donors (Lipinski definition) is 2. The van der Waals surface area contributed by atoms with Crippen molar-refractivity contribution in [1.82, 2.24) is 25.2 Å². The van der Waals surface area contributed by atoms with Gasteiger partial charge in [-0.3, -0.25) is 4.79 Å². The van der Waals surface area contributed by atoms with Gasteiger partial charge in [-0.05, 0) is 33.7 Å². The Hall–Kier alpha value is -2.66. The van der Waals surface area contributed by atoms with Crippen LogP contribution in [0.25, 0.3) is 11.2 Å². The number of aromatic nitrogens is 3. The molecule has 0 spiro atoms. The van der Waals surface area contributed by atoms with Crippen molar-refractivity contribution < 1.29 is 19.1 Å². The number of ether oxygens (including phenoxy) is 2. The van der Waals surface area contributed by atoms with Gasteiger partial charge < -0.3 is 29.6 Å². The second-order valence-electron chi connectivity index (χ2n) is 11.3. The molecule has 2 amide bonds. The molecule has 0 unspecified atom stereocenters. The molecule has 0 saturated carbocycles. The van der Waals surface area contributed by atoms with E-state index in [1.165, 1.54) is 0 Å². The van der Waals surface area contributed by atoms with Crippen LogP contribution in [0.4, 0.5) is 10.6 Å². The van der Waals surface area contributed by atoms with Crippen molar-refractivity contribution in [1.29, 1.82) is 0 Å². The Kier molecular flexibility index (Phi) is 8.42. The van der Waals surface area contributed by atoms with Gasteiger partial charge >= 0.3 is 6.09 Å². The summed E-state index contributed by atoms with van der Waals surface area (Å²) in [4.78, 5) is 36.1. The summed E-state index contributed by atoms with van der Waals surface area (Å²) >= 11 is 0. The second-order valence-corrected chi connectivity index (χ2v) is 16.9. The molecule has 1 saturated heterocycles. The maximum absolute atomic E-state index is 12.7. The van der Waals surface area contributed by atoms with E-state index in [2.05, 4.69) is 40.2 Å². The first-order valence-electron chi connectivity index (χ1n) is 12.3. The standard InChI is InChI=1S/C24H40N6O4Si/c1-8-25-22(31)18-15-30(16-33-9-10-35(5,6)7)21-20(18)28-19(12-26-21)29-13-17(14-29)11-27-23(32)34-24(2,3)4/h12,15,17H,8-11,13-14,16H2,1-7H3,(H,25,31)(H,27,32). The van der Waals surface area contributed by atoms with E-state index in [9.17, 15) is 9.59 Å². The van der Waals surface area contributed by atoms with Gasteiger partial charge in [-0.15, -0.1) is 0 Å². The van der Waals surface area contributed by atoms with Crippen molar-refractivity contribution in [3.63, 3.8) is 0 Å². The summed E-state index contributed by atoms with van der Waals surface area (Å²) in [6.07, 6.45) is 3.11. The smallest absolute Gasteiger partial charge is 0.407 e. The molecule has 2 aromatic rings. The van der Waals surface area contributed by atoms with Crippen LogP contribution in [0.1, 0.15) is 38.1 Å². The third-order valence-corrected chi connectivity index (χ3v) is 7.28. The number of fused-ring (bicyclic) bond motifs is 1. The zero-order valence-corrected chi connectivity index (χ0v) is 23.1. The quantitative estimate of drug-likeness (QED) is 0.377. The molecule has 2 N–H and O–H groups in total. The molecule has 10 nitrogen and oxygen atoms in total. The molecule has 1 fully saturated rings. The molecule has 3 rings (SSSR count). The van der Waals surface area contributed by atoms with E-state index in [0.717, 1.165) is 19.1 Å². The summed E-state index contributed by atoms with van der Waals surface area (Å²) in [5.41, 5.74) is 1.18. The van der Waals surface area contributed by atoms with E-state index in [1.807, 2.05) is 32.3 Å². The molecule has 1 aliphatic rings. The van der Waals surface area contributed by atoms with Crippen LogP contribution < -0.4 is 15.5 Å². The Balaban J connectivity index is 1.66. The van der Waals surface area contributed by atoms with E-state index in [1.54, 1.807) is 12.4 Å². The molecule has 3 heterocycles. The Morgan fingerprint density at radius 2 is 1.91 bits per heavy atom. The fourth-order valence-corrected chi connectivity index (χ4v) is 4.44. The molecule has 2 aromatic heterocycles. The van der Waals surface area contributed by atoms with E-state index in [0.29, 0.717) is 54.9 Å². The molecule has 194 valence electrons. The minimum Gasteiger partial charge on any atom is -0.444 e. The van der Waals surface area contributed by atoms with E-state index < -0.39 is 19.8 Å². The molecular formula is C24H40N6O4Si. The number of rotatable bonds is 10. The topological polar surface area (TPSA) is 111 Å². The molecule has 0 atom stereocenters. The fourth-order valence-electron chi connectivity index (χ4n) is 3.68. The van der Waals surface area contributed by atoms with Crippen LogP contribution in [0.2, 0.25) is 25.7 Å². The summed E-state index contributed by atoms with van der Waals surface area (Å²) in [6.45, 7) is 17.9. The van der Waals surface area contributed by atoms with Crippen molar-refractivity contribution in [2.45, 2.75) is 65.7 Å². The van der Waals surface area contributed by atoms with Gasteiger partial charge in [0, 0.05) is 53.0 Å².